The van der Waals surface area contributed by atoms with E-state index in [2.05, 4.69) is 47.8 Å². The Bertz CT molecular complexity index is 741. The molecule has 0 fully saturated rings. The van der Waals surface area contributed by atoms with Crippen LogP contribution in [0.4, 0.5) is 0 Å². The van der Waals surface area contributed by atoms with Gasteiger partial charge in [-0.15, -0.1) is 0 Å². The molecular formula is C16H11Br3O3. The van der Waals surface area contributed by atoms with Crippen LogP contribution in [0.1, 0.15) is 31.8 Å². The summed E-state index contributed by atoms with van der Waals surface area (Å²) in [5, 5.41) is 0.677. The molecule has 3 nitrogen and oxygen atoms in total. The first-order valence-corrected chi connectivity index (χ1v) is 9.00. The third kappa shape index (κ3) is 4.06. The van der Waals surface area contributed by atoms with Crippen LogP contribution >= 0.6 is 47.8 Å². The molecule has 22 heavy (non-hydrogen) atoms. The van der Waals surface area contributed by atoms with Crippen molar-refractivity contribution in [2.24, 2.45) is 0 Å². The Morgan fingerprint density at radius 1 is 0.955 bits per heavy atom. The SMILES string of the molecule is Cc1ccc(C(=O)OC(=O)c2ccc(CBr)cc2Br)c(Br)c1. The van der Waals surface area contributed by atoms with Crippen molar-refractivity contribution in [3.63, 3.8) is 0 Å². The zero-order valence-corrected chi connectivity index (χ0v) is 16.3. The predicted octanol–water partition coefficient (Wildman–Crippen LogP) is 5.41. The van der Waals surface area contributed by atoms with Crippen LogP contribution < -0.4 is 0 Å². The fourth-order valence-corrected chi connectivity index (χ4v) is 3.38. The maximum absolute atomic E-state index is 12.1. The summed E-state index contributed by atoms with van der Waals surface area (Å²) < 4.78 is 6.13. The maximum Gasteiger partial charge on any atom is 0.347 e. The van der Waals surface area contributed by atoms with Gasteiger partial charge in [-0.2, -0.15) is 0 Å². The van der Waals surface area contributed by atoms with E-state index in [4.69, 9.17) is 4.74 Å². The van der Waals surface area contributed by atoms with Crippen LogP contribution in [0.3, 0.4) is 0 Å². The van der Waals surface area contributed by atoms with Crippen molar-refractivity contribution in [2.45, 2.75) is 12.3 Å². The van der Waals surface area contributed by atoms with E-state index in [9.17, 15) is 9.59 Å². The minimum Gasteiger partial charge on any atom is -0.386 e. The molecule has 0 heterocycles. The van der Waals surface area contributed by atoms with Crippen LogP contribution in [-0.2, 0) is 10.1 Å². The van der Waals surface area contributed by atoms with Crippen LogP contribution in [0.25, 0.3) is 0 Å². The summed E-state index contributed by atoms with van der Waals surface area (Å²) in [7, 11) is 0. The molecule has 0 aliphatic rings. The predicted molar refractivity (Wildman–Crippen MR) is 95.4 cm³/mol. The zero-order chi connectivity index (χ0) is 16.3. The average molecular weight is 491 g/mol. The largest absolute Gasteiger partial charge is 0.386 e. The second kappa shape index (κ2) is 7.53. The Labute approximate surface area is 153 Å². The first kappa shape index (κ1) is 17.4. The summed E-state index contributed by atoms with van der Waals surface area (Å²) in [6.45, 7) is 1.91. The molecule has 0 amide bonds. The van der Waals surface area contributed by atoms with E-state index >= 15 is 0 Å². The number of aryl methyl sites for hydroxylation is 1. The minimum atomic E-state index is -0.689. The minimum absolute atomic E-state index is 0.307. The first-order chi connectivity index (χ1) is 10.4. The summed E-state index contributed by atoms with van der Waals surface area (Å²) in [5.41, 5.74) is 2.63. The number of hydrogen-bond acceptors (Lipinski definition) is 3. The van der Waals surface area contributed by atoms with Crippen LogP contribution in [0, 0.1) is 6.92 Å². The molecule has 0 saturated heterocycles. The summed E-state index contributed by atoms with van der Waals surface area (Å²) in [6, 6.07) is 10.4. The van der Waals surface area contributed by atoms with Gasteiger partial charge in [-0.1, -0.05) is 28.1 Å². The lowest BCUT2D eigenvalue weighted by atomic mass is 10.1. The molecule has 2 aromatic carbocycles. The summed E-state index contributed by atoms with van der Waals surface area (Å²) >= 11 is 9.96. The van der Waals surface area contributed by atoms with Gasteiger partial charge in [-0.3, -0.25) is 0 Å². The van der Waals surface area contributed by atoms with E-state index in [-0.39, 0.29) is 0 Å². The molecule has 0 radical (unpaired) electrons. The van der Waals surface area contributed by atoms with E-state index in [1.807, 2.05) is 6.92 Å². The van der Waals surface area contributed by atoms with Crippen molar-refractivity contribution in [1.82, 2.24) is 0 Å². The van der Waals surface area contributed by atoms with Gasteiger partial charge < -0.3 is 4.74 Å². The Balaban J connectivity index is 2.19. The standard InChI is InChI=1S/C16H11Br3O3/c1-9-2-4-11(13(18)6-9)15(20)22-16(21)12-5-3-10(8-17)7-14(12)19/h2-7H,8H2,1H3. The highest BCUT2D eigenvalue weighted by Gasteiger charge is 2.19. The second-order valence-electron chi connectivity index (χ2n) is 4.61. The van der Waals surface area contributed by atoms with Gasteiger partial charge >= 0.3 is 11.9 Å². The van der Waals surface area contributed by atoms with E-state index in [0.717, 1.165) is 11.1 Å². The molecule has 0 N–H and O–H groups in total. The lowest BCUT2D eigenvalue weighted by Gasteiger charge is -2.07. The van der Waals surface area contributed by atoms with E-state index in [0.29, 0.717) is 25.4 Å². The molecule has 0 spiro atoms. The molecule has 0 bridgehead atoms. The maximum atomic E-state index is 12.1. The third-order valence-corrected chi connectivity index (χ3v) is 4.90. The third-order valence-electron chi connectivity index (χ3n) is 2.94. The van der Waals surface area contributed by atoms with Crippen molar-refractivity contribution in [3.05, 3.63) is 67.6 Å². The van der Waals surface area contributed by atoms with Gasteiger partial charge in [-0.05, 0) is 74.2 Å². The monoisotopic (exact) mass is 488 g/mol. The van der Waals surface area contributed by atoms with Crippen molar-refractivity contribution >= 4 is 59.7 Å². The number of benzene rings is 2. The van der Waals surface area contributed by atoms with Crippen molar-refractivity contribution in [2.75, 3.05) is 0 Å². The van der Waals surface area contributed by atoms with E-state index < -0.39 is 11.9 Å². The van der Waals surface area contributed by atoms with Gasteiger partial charge in [-0.25, -0.2) is 9.59 Å². The Hall–Kier alpha value is -0.980. The zero-order valence-electron chi connectivity index (χ0n) is 11.5. The smallest absolute Gasteiger partial charge is 0.347 e. The molecule has 114 valence electrons. The van der Waals surface area contributed by atoms with Gasteiger partial charge in [0.2, 0.25) is 0 Å². The molecule has 0 saturated carbocycles. The Kier molecular flexibility index (Phi) is 5.94. The van der Waals surface area contributed by atoms with Crippen LogP contribution in [-0.4, -0.2) is 11.9 Å². The highest BCUT2D eigenvalue weighted by molar-refractivity contribution is 9.11. The van der Waals surface area contributed by atoms with Gasteiger partial charge in [0.05, 0.1) is 11.1 Å². The number of esters is 2. The van der Waals surface area contributed by atoms with Gasteiger partial charge in [0.25, 0.3) is 0 Å². The molecule has 0 aliphatic carbocycles. The number of carbonyl (C=O) groups excluding carboxylic acids is 2. The van der Waals surface area contributed by atoms with Gasteiger partial charge in [0.1, 0.15) is 0 Å². The molecule has 0 unspecified atom stereocenters. The van der Waals surface area contributed by atoms with Gasteiger partial charge in [0.15, 0.2) is 0 Å². The molecule has 2 aromatic rings. The molecule has 2 rings (SSSR count). The summed E-state index contributed by atoms with van der Waals surface area (Å²) in [5.74, 6) is -1.38. The van der Waals surface area contributed by atoms with Crippen molar-refractivity contribution < 1.29 is 14.3 Å². The molecule has 0 aromatic heterocycles. The van der Waals surface area contributed by atoms with E-state index in [1.165, 1.54) is 0 Å². The summed E-state index contributed by atoms with van der Waals surface area (Å²) in [6.07, 6.45) is 0. The molecular weight excluding hydrogens is 480 g/mol. The Morgan fingerprint density at radius 3 is 2.00 bits per heavy atom. The average Bonchev–Trinajstić information content (AvgIpc) is 2.46. The number of alkyl halides is 1. The van der Waals surface area contributed by atoms with Crippen LogP contribution in [0.2, 0.25) is 0 Å². The lowest BCUT2D eigenvalue weighted by molar-refractivity contribution is 0.0396. The fraction of sp³-hybridized carbons (Fsp3) is 0.125. The van der Waals surface area contributed by atoms with Crippen LogP contribution in [0.15, 0.2) is 45.3 Å². The first-order valence-electron chi connectivity index (χ1n) is 6.29. The quantitative estimate of drug-likeness (QED) is 0.328. The lowest BCUT2D eigenvalue weighted by Crippen LogP contribution is -2.14. The van der Waals surface area contributed by atoms with Crippen LogP contribution in [0.5, 0.6) is 0 Å². The number of ether oxygens (including phenoxy) is 1. The van der Waals surface area contributed by atoms with Gasteiger partial charge in [0, 0.05) is 14.3 Å². The molecule has 0 atom stereocenters. The highest BCUT2D eigenvalue weighted by Crippen LogP contribution is 2.23. The van der Waals surface area contributed by atoms with Crippen molar-refractivity contribution in [3.8, 4) is 0 Å². The molecule has 6 heteroatoms. The topological polar surface area (TPSA) is 43.4 Å². The van der Waals surface area contributed by atoms with E-state index in [1.54, 1.807) is 36.4 Å². The second-order valence-corrected chi connectivity index (χ2v) is 6.88. The number of hydrogen-bond donors (Lipinski definition) is 0. The number of halogens is 3. The summed E-state index contributed by atoms with van der Waals surface area (Å²) in [4.78, 5) is 24.2. The fourth-order valence-electron chi connectivity index (χ4n) is 1.79. The normalized spacial score (nSPS) is 10.4. The number of carbonyl (C=O) groups is 2. The van der Waals surface area contributed by atoms with Crippen molar-refractivity contribution in [1.29, 1.82) is 0 Å². The Morgan fingerprint density at radius 2 is 1.50 bits per heavy atom. The number of rotatable bonds is 3. The highest BCUT2D eigenvalue weighted by atomic mass is 79.9. The molecule has 0 aliphatic heterocycles.